The van der Waals surface area contributed by atoms with Gasteiger partial charge in [-0.2, -0.15) is 0 Å². The summed E-state index contributed by atoms with van der Waals surface area (Å²) < 4.78 is 0. The lowest BCUT2D eigenvalue weighted by Crippen LogP contribution is -2.10. The summed E-state index contributed by atoms with van der Waals surface area (Å²) in [4.78, 5) is 8.79. The van der Waals surface area contributed by atoms with E-state index in [1.165, 1.54) is 0 Å². The van der Waals surface area contributed by atoms with Crippen molar-refractivity contribution in [2.24, 2.45) is 5.84 Å². The van der Waals surface area contributed by atoms with Gasteiger partial charge in [0.25, 0.3) is 0 Å². The van der Waals surface area contributed by atoms with E-state index in [0.29, 0.717) is 11.6 Å². The third-order valence-electron chi connectivity index (χ3n) is 2.56. The fraction of sp³-hybridized carbons (Fsp3) is 0.231. The second-order valence-electron chi connectivity index (χ2n) is 4.01. The molecule has 18 heavy (non-hydrogen) atoms. The first kappa shape index (κ1) is 12.3. The SMILES string of the molecule is CCCc1cc(NN)nc(-c2ccc(O)cc2)n1. The molecule has 0 radical (unpaired) electrons. The van der Waals surface area contributed by atoms with Crippen LogP contribution in [0.2, 0.25) is 0 Å². The summed E-state index contributed by atoms with van der Waals surface area (Å²) in [5, 5.41) is 9.27. The van der Waals surface area contributed by atoms with Gasteiger partial charge in [-0.1, -0.05) is 13.3 Å². The number of nitrogens with one attached hydrogen (secondary N) is 1. The monoisotopic (exact) mass is 244 g/mol. The third kappa shape index (κ3) is 2.75. The zero-order chi connectivity index (χ0) is 13.0. The number of nitrogens with zero attached hydrogens (tertiary/aromatic N) is 2. The van der Waals surface area contributed by atoms with Crippen molar-refractivity contribution in [2.75, 3.05) is 5.43 Å². The number of aromatic hydroxyl groups is 1. The van der Waals surface area contributed by atoms with E-state index in [1.807, 2.05) is 6.07 Å². The molecule has 0 unspecified atom stereocenters. The Morgan fingerprint density at radius 2 is 1.94 bits per heavy atom. The number of aryl methyl sites for hydroxylation is 1. The Morgan fingerprint density at radius 1 is 1.22 bits per heavy atom. The number of aromatic nitrogens is 2. The zero-order valence-corrected chi connectivity index (χ0v) is 10.2. The lowest BCUT2D eigenvalue weighted by Gasteiger charge is -2.07. The molecule has 2 rings (SSSR count). The van der Waals surface area contributed by atoms with E-state index < -0.39 is 0 Å². The Hall–Kier alpha value is -2.14. The first-order valence-corrected chi connectivity index (χ1v) is 5.87. The Labute approximate surface area is 106 Å². The van der Waals surface area contributed by atoms with Gasteiger partial charge in [0.1, 0.15) is 11.6 Å². The minimum Gasteiger partial charge on any atom is -0.508 e. The smallest absolute Gasteiger partial charge is 0.161 e. The first-order chi connectivity index (χ1) is 8.72. The summed E-state index contributed by atoms with van der Waals surface area (Å²) in [6, 6.07) is 8.62. The molecule has 0 bridgehead atoms. The Bertz CT molecular complexity index is 525. The van der Waals surface area contributed by atoms with E-state index in [0.717, 1.165) is 24.1 Å². The molecule has 0 aliphatic heterocycles. The van der Waals surface area contributed by atoms with Gasteiger partial charge in [-0.3, -0.25) is 0 Å². The predicted molar refractivity (Wildman–Crippen MR) is 70.9 cm³/mol. The fourth-order valence-electron chi connectivity index (χ4n) is 1.70. The molecule has 1 aromatic heterocycles. The van der Waals surface area contributed by atoms with Gasteiger partial charge in [0.2, 0.25) is 0 Å². The highest BCUT2D eigenvalue weighted by atomic mass is 16.3. The van der Waals surface area contributed by atoms with E-state index in [4.69, 9.17) is 5.84 Å². The third-order valence-corrected chi connectivity index (χ3v) is 2.56. The zero-order valence-electron chi connectivity index (χ0n) is 10.2. The molecular weight excluding hydrogens is 228 g/mol. The molecule has 0 atom stereocenters. The summed E-state index contributed by atoms with van der Waals surface area (Å²) in [7, 11) is 0. The first-order valence-electron chi connectivity index (χ1n) is 5.87. The van der Waals surface area contributed by atoms with Crippen LogP contribution in [-0.2, 0) is 6.42 Å². The predicted octanol–water partition coefficient (Wildman–Crippen LogP) is 2.09. The molecule has 1 heterocycles. The van der Waals surface area contributed by atoms with Crippen LogP contribution >= 0.6 is 0 Å². The second kappa shape index (κ2) is 5.46. The molecule has 0 aliphatic rings. The highest BCUT2D eigenvalue weighted by Crippen LogP contribution is 2.20. The van der Waals surface area contributed by atoms with E-state index in [-0.39, 0.29) is 5.75 Å². The van der Waals surface area contributed by atoms with E-state index >= 15 is 0 Å². The van der Waals surface area contributed by atoms with E-state index in [9.17, 15) is 5.11 Å². The normalized spacial score (nSPS) is 10.3. The minimum absolute atomic E-state index is 0.223. The number of hydrogen-bond donors (Lipinski definition) is 3. The summed E-state index contributed by atoms with van der Waals surface area (Å²) in [6.45, 7) is 2.10. The van der Waals surface area contributed by atoms with Crippen molar-refractivity contribution in [1.29, 1.82) is 0 Å². The molecule has 0 aliphatic carbocycles. The quantitative estimate of drug-likeness (QED) is 0.566. The largest absolute Gasteiger partial charge is 0.508 e. The molecule has 2 aromatic rings. The van der Waals surface area contributed by atoms with Gasteiger partial charge in [-0.05, 0) is 30.7 Å². The maximum absolute atomic E-state index is 9.27. The van der Waals surface area contributed by atoms with Crippen LogP contribution in [0.1, 0.15) is 19.0 Å². The highest BCUT2D eigenvalue weighted by Gasteiger charge is 2.06. The number of nitrogen functional groups attached to an aromatic ring is 1. The number of hydrazine groups is 1. The van der Waals surface area contributed by atoms with Gasteiger partial charge < -0.3 is 10.5 Å². The molecule has 5 heteroatoms. The van der Waals surface area contributed by atoms with Gasteiger partial charge in [-0.15, -0.1) is 0 Å². The Kier molecular flexibility index (Phi) is 3.74. The number of benzene rings is 1. The maximum atomic E-state index is 9.27. The topological polar surface area (TPSA) is 84.1 Å². The van der Waals surface area contributed by atoms with Gasteiger partial charge >= 0.3 is 0 Å². The summed E-state index contributed by atoms with van der Waals surface area (Å²) in [6.07, 6.45) is 1.89. The van der Waals surface area contributed by atoms with Crippen molar-refractivity contribution in [3.63, 3.8) is 0 Å². The van der Waals surface area contributed by atoms with Crippen LogP contribution < -0.4 is 11.3 Å². The molecule has 4 N–H and O–H groups in total. The van der Waals surface area contributed by atoms with Crippen LogP contribution in [0, 0.1) is 0 Å². The van der Waals surface area contributed by atoms with Gasteiger partial charge in [-0.25, -0.2) is 15.8 Å². The molecular formula is C13H16N4O. The number of phenols is 1. The Morgan fingerprint density at radius 3 is 2.56 bits per heavy atom. The summed E-state index contributed by atoms with van der Waals surface area (Å²) in [5.41, 5.74) is 4.34. The summed E-state index contributed by atoms with van der Waals surface area (Å²) in [5.74, 6) is 6.83. The van der Waals surface area contributed by atoms with Crippen molar-refractivity contribution < 1.29 is 5.11 Å². The second-order valence-corrected chi connectivity index (χ2v) is 4.01. The van der Waals surface area contributed by atoms with Crippen molar-refractivity contribution >= 4 is 5.82 Å². The van der Waals surface area contributed by atoms with Gasteiger partial charge in [0.15, 0.2) is 5.82 Å². The summed E-state index contributed by atoms with van der Waals surface area (Å²) >= 11 is 0. The number of phenolic OH excluding ortho intramolecular Hbond substituents is 1. The standard InChI is InChI=1S/C13H16N4O/c1-2-3-10-8-12(17-14)16-13(15-10)9-4-6-11(18)7-5-9/h4-8,18H,2-3,14H2,1H3,(H,15,16,17). The van der Waals surface area contributed by atoms with Crippen molar-refractivity contribution in [3.8, 4) is 17.1 Å². The Balaban J connectivity index is 2.42. The molecule has 0 fully saturated rings. The lowest BCUT2D eigenvalue weighted by atomic mass is 10.2. The van der Waals surface area contributed by atoms with Crippen molar-refractivity contribution in [1.82, 2.24) is 9.97 Å². The van der Waals surface area contributed by atoms with Gasteiger partial charge in [0, 0.05) is 17.3 Å². The average Bonchev–Trinajstić information content (AvgIpc) is 2.39. The molecule has 0 saturated heterocycles. The van der Waals surface area contributed by atoms with E-state index in [2.05, 4.69) is 22.3 Å². The van der Waals surface area contributed by atoms with E-state index in [1.54, 1.807) is 24.3 Å². The average molecular weight is 244 g/mol. The number of hydrogen-bond acceptors (Lipinski definition) is 5. The van der Waals surface area contributed by atoms with Crippen molar-refractivity contribution in [3.05, 3.63) is 36.0 Å². The number of anilines is 1. The molecule has 0 saturated carbocycles. The fourth-order valence-corrected chi connectivity index (χ4v) is 1.70. The molecule has 94 valence electrons. The van der Waals surface area contributed by atoms with Crippen LogP contribution in [0.15, 0.2) is 30.3 Å². The van der Waals surface area contributed by atoms with Gasteiger partial charge in [0.05, 0.1) is 0 Å². The molecule has 0 amide bonds. The van der Waals surface area contributed by atoms with Crippen LogP contribution in [0.5, 0.6) is 5.75 Å². The minimum atomic E-state index is 0.223. The van der Waals surface area contributed by atoms with Crippen LogP contribution in [-0.4, -0.2) is 15.1 Å². The number of nitrogens with two attached hydrogens (primary N) is 1. The van der Waals surface area contributed by atoms with Crippen LogP contribution in [0.25, 0.3) is 11.4 Å². The highest BCUT2D eigenvalue weighted by molar-refractivity contribution is 5.58. The molecule has 0 spiro atoms. The van der Waals surface area contributed by atoms with Crippen LogP contribution in [0.3, 0.4) is 0 Å². The van der Waals surface area contributed by atoms with Crippen LogP contribution in [0.4, 0.5) is 5.82 Å². The molecule has 1 aromatic carbocycles. The van der Waals surface area contributed by atoms with Crippen molar-refractivity contribution in [2.45, 2.75) is 19.8 Å². The lowest BCUT2D eigenvalue weighted by molar-refractivity contribution is 0.475. The number of rotatable bonds is 4. The maximum Gasteiger partial charge on any atom is 0.161 e. The molecule has 5 nitrogen and oxygen atoms in total.